The average molecular weight is 427 g/mol. The van der Waals surface area contributed by atoms with E-state index in [1.807, 2.05) is 0 Å². The van der Waals surface area contributed by atoms with Crippen LogP contribution in [0.3, 0.4) is 0 Å². The first-order valence-electron chi connectivity index (χ1n) is 9.80. The lowest BCUT2D eigenvalue weighted by atomic mass is 10.0. The van der Waals surface area contributed by atoms with Crippen LogP contribution in [0.4, 0.5) is 5.69 Å². The quantitative estimate of drug-likeness (QED) is 0.172. The summed E-state index contributed by atoms with van der Waals surface area (Å²) in [5, 5.41) is 11.3. The van der Waals surface area contributed by atoms with Gasteiger partial charge in [-0.3, -0.25) is 34.2 Å². The molecule has 5 amide bonds. The van der Waals surface area contributed by atoms with Gasteiger partial charge in [0.05, 0.1) is 11.1 Å². The third kappa shape index (κ3) is 4.81. The highest BCUT2D eigenvalue weighted by atomic mass is 16.2. The molecule has 1 unspecified atom stereocenters. The van der Waals surface area contributed by atoms with Crippen LogP contribution in [0.2, 0.25) is 0 Å². The van der Waals surface area contributed by atoms with E-state index in [0.717, 1.165) is 4.90 Å². The molecule has 1 fully saturated rings. The van der Waals surface area contributed by atoms with Gasteiger partial charge in [-0.15, -0.1) is 0 Å². The molecule has 0 bridgehead atoms. The molecular weight excluding hydrogens is 406 g/mol. The van der Waals surface area contributed by atoms with E-state index in [0.29, 0.717) is 18.7 Å². The molecule has 2 aliphatic heterocycles. The Kier molecular flexibility index (Phi) is 6.83. The maximum absolute atomic E-state index is 13.0. The van der Waals surface area contributed by atoms with Crippen LogP contribution in [0.5, 0.6) is 0 Å². The number of hydrogen-bond donors (Lipinski definition) is 3. The molecule has 162 valence electrons. The third-order valence-corrected chi connectivity index (χ3v) is 4.96. The lowest BCUT2D eigenvalue weighted by molar-refractivity contribution is -0.136. The van der Waals surface area contributed by atoms with Gasteiger partial charge in [0, 0.05) is 43.1 Å². The Labute approximate surface area is 177 Å². The molecule has 3 rings (SSSR count). The molecule has 1 atom stereocenters. The van der Waals surface area contributed by atoms with Gasteiger partial charge in [0.25, 0.3) is 11.8 Å². The van der Waals surface area contributed by atoms with Crippen molar-refractivity contribution < 1.29 is 24.0 Å². The molecule has 2 heterocycles. The highest BCUT2D eigenvalue weighted by Crippen LogP contribution is 2.32. The predicted octanol–water partition coefficient (Wildman–Crippen LogP) is 0.706. The van der Waals surface area contributed by atoms with Gasteiger partial charge in [0.2, 0.25) is 17.7 Å². The van der Waals surface area contributed by atoms with E-state index < -0.39 is 29.7 Å². The van der Waals surface area contributed by atoms with E-state index in [2.05, 4.69) is 26.0 Å². The first-order valence-corrected chi connectivity index (χ1v) is 9.80. The molecule has 1 saturated heterocycles. The second-order valence-corrected chi connectivity index (χ2v) is 7.01. The Bertz CT molecular complexity index is 986. The van der Waals surface area contributed by atoms with Crippen LogP contribution in [0, 0.1) is 0 Å². The highest BCUT2D eigenvalue weighted by Gasteiger charge is 2.45. The van der Waals surface area contributed by atoms with Crippen LogP contribution >= 0.6 is 0 Å². The van der Waals surface area contributed by atoms with Crippen LogP contribution < -0.4 is 16.0 Å². The van der Waals surface area contributed by atoms with Crippen molar-refractivity contribution in [3.8, 4) is 0 Å². The van der Waals surface area contributed by atoms with Crippen molar-refractivity contribution in [1.29, 1.82) is 0 Å². The summed E-state index contributed by atoms with van der Waals surface area (Å²) in [5.74, 6) is -2.46. The number of hydrogen-bond acceptors (Lipinski definition) is 7. The van der Waals surface area contributed by atoms with E-state index in [-0.39, 0.29) is 49.4 Å². The smallest absolute Gasteiger partial charge is 0.264 e. The molecule has 0 spiro atoms. The number of azide groups is 1. The molecule has 0 aromatic heterocycles. The number of rotatable bonds is 9. The fraction of sp³-hybridized carbons (Fsp3) is 0.421. The molecule has 12 heteroatoms. The second kappa shape index (κ2) is 9.72. The SMILES string of the molecule is [N-]=[N+]=NCCCC(=O)NCCNc1cccc2c1C(=O)N(C1CCC(=O)NC1=O)C2=O. The molecule has 12 nitrogen and oxygen atoms in total. The van der Waals surface area contributed by atoms with Gasteiger partial charge in [-0.25, -0.2) is 0 Å². The van der Waals surface area contributed by atoms with E-state index in [1.54, 1.807) is 12.1 Å². The number of fused-ring (bicyclic) bond motifs is 1. The average Bonchev–Trinajstić information content (AvgIpc) is 3.00. The summed E-state index contributed by atoms with van der Waals surface area (Å²) in [5.41, 5.74) is 8.96. The number of carbonyl (C=O) groups excluding carboxylic acids is 5. The van der Waals surface area contributed by atoms with Crippen molar-refractivity contribution in [1.82, 2.24) is 15.5 Å². The molecule has 2 aliphatic rings. The van der Waals surface area contributed by atoms with Crippen molar-refractivity contribution in [3.63, 3.8) is 0 Å². The largest absolute Gasteiger partial charge is 0.383 e. The fourth-order valence-corrected chi connectivity index (χ4v) is 3.50. The molecule has 1 aromatic rings. The third-order valence-electron chi connectivity index (χ3n) is 4.96. The standard InChI is InChI=1S/C19H21N7O5/c20-25-23-8-2-5-14(27)22-10-9-21-12-4-1-3-11-16(12)19(31)26(18(11)30)13-6-7-15(28)24-17(13)29/h1,3-4,13,21H,2,5-10H2,(H,22,27)(H,24,28,29). The topological polar surface area (TPSA) is 173 Å². The molecule has 0 saturated carbocycles. The summed E-state index contributed by atoms with van der Waals surface area (Å²) in [7, 11) is 0. The number of nitrogens with zero attached hydrogens (tertiary/aromatic N) is 4. The van der Waals surface area contributed by atoms with Crippen molar-refractivity contribution in [3.05, 3.63) is 39.8 Å². The van der Waals surface area contributed by atoms with Gasteiger partial charge >= 0.3 is 0 Å². The van der Waals surface area contributed by atoms with Crippen molar-refractivity contribution in [2.24, 2.45) is 5.11 Å². The lowest BCUT2D eigenvalue weighted by Crippen LogP contribution is -2.54. The van der Waals surface area contributed by atoms with E-state index in [4.69, 9.17) is 5.53 Å². The summed E-state index contributed by atoms with van der Waals surface area (Å²) in [6.07, 6.45) is 0.818. The highest BCUT2D eigenvalue weighted by molar-refractivity contribution is 6.25. The zero-order valence-corrected chi connectivity index (χ0v) is 16.6. The minimum Gasteiger partial charge on any atom is -0.383 e. The van der Waals surface area contributed by atoms with Gasteiger partial charge < -0.3 is 10.6 Å². The zero-order valence-electron chi connectivity index (χ0n) is 16.6. The maximum Gasteiger partial charge on any atom is 0.264 e. The van der Waals surface area contributed by atoms with Crippen LogP contribution in [-0.4, -0.2) is 60.1 Å². The number of amides is 5. The molecule has 3 N–H and O–H groups in total. The normalized spacial score (nSPS) is 17.7. The second-order valence-electron chi connectivity index (χ2n) is 7.01. The minimum absolute atomic E-state index is 0.0531. The number of imide groups is 2. The first kappa shape index (κ1) is 21.8. The van der Waals surface area contributed by atoms with E-state index in [1.165, 1.54) is 6.07 Å². The molecule has 1 aromatic carbocycles. The number of benzene rings is 1. The molecule has 0 radical (unpaired) electrons. The van der Waals surface area contributed by atoms with Crippen LogP contribution in [0.25, 0.3) is 10.4 Å². The summed E-state index contributed by atoms with van der Waals surface area (Å²) in [4.78, 5) is 64.5. The van der Waals surface area contributed by atoms with Crippen LogP contribution in [0.15, 0.2) is 23.3 Å². The Balaban J connectivity index is 1.60. The summed E-state index contributed by atoms with van der Waals surface area (Å²) in [6, 6.07) is 3.74. The van der Waals surface area contributed by atoms with Gasteiger partial charge in [-0.1, -0.05) is 11.2 Å². The first-order chi connectivity index (χ1) is 14.9. The Morgan fingerprint density at radius 1 is 1.23 bits per heavy atom. The zero-order chi connectivity index (χ0) is 22.4. The van der Waals surface area contributed by atoms with Crippen molar-refractivity contribution in [2.75, 3.05) is 25.0 Å². The van der Waals surface area contributed by atoms with E-state index >= 15 is 0 Å². The van der Waals surface area contributed by atoms with E-state index in [9.17, 15) is 24.0 Å². The number of carbonyl (C=O) groups is 5. The van der Waals surface area contributed by atoms with Gasteiger partial charge in [0.1, 0.15) is 6.04 Å². The monoisotopic (exact) mass is 427 g/mol. The Morgan fingerprint density at radius 3 is 2.77 bits per heavy atom. The van der Waals surface area contributed by atoms with Crippen molar-refractivity contribution in [2.45, 2.75) is 31.7 Å². The summed E-state index contributed by atoms with van der Waals surface area (Å²) in [6.45, 7) is 0.833. The predicted molar refractivity (Wildman–Crippen MR) is 108 cm³/mol. The maximum atomic E-state index is 13.0. The van der Waals surface area contributed by atoms with Crippen molar-refractivity contribution >= 4 is 35.2 Å². The number of nitrogens with one attached hydrogen (secondary N) is 3. The Morgan fingerprint density at radius 2 is 2.03 bits per heavy atom. The fourth-order valence-electron chi connectivity index (χ4n) is 3.50. The van der Waals surface area contributed by atoms with Gasteiger partial charge in [-0.05, 0) is 30.5 Å². The molecule has 0 aliphatic carbocycles. The summed E-state index contributed by atoms with van der Waals surface area (Å²) < 4.78 is 0. The van der Waals surface area contributed by atoms with Gasteiger partial charge in [0.15, 0.2) is 0 Å². The minimum atomic E-state index is -1.03. The molecular formula is C19H21N7O5. The number of anilines is 1. The van der Waals surface area contributed by atoms with Crippen LogP contribution in [-0.2, 0) is 14.4 Å². The van der Waals surface area contributed by atoms with Crippen LogP contribution in [0.1, 0.15) is 46.4 Å². The molecule has 31 heavy (non-hydrogen) atoms. The summed E-state index contributed by atoms with van der Waals surface area (Å²) >= 11 is 0. The number of piperidine rings is 1. The Hall–Kier alpha value is -3.92. The van der Waals surface area contributed by atoms with Gasteiger partial charge in [-0.2, -0.15) is 0 Å². The lowest BCUT2D eigenvalue weighted by Gasteiger charge is -2.27.